The largest absolute Gasteiger partial charge is 0.507 e. The Balaban J connectivity index is 1.35. The number of hydrogen-bond donors (Lipinski definition) is 2. The van der Waals surface area contributed by atoms with E-state index in [4.69, 9.17) is 0 Å². The van der Waals surface area contributed by atoms with E-state index in [2.05, 4.69) is 12.2 Å². The van der Waals surface area contributed by atoms with Crippen LogP contribution in [0.1, 0.15) is 22.8 Å². The Morgan fingerprint density at radius 1 is 0.935 bits per heavy atom. The Morgan fingerprint density at radius 3 is 2.29 bits per heavy atom. The molecule has 0 aliphatic carbocycles. The van der Waals surface area contributed by atoms with E-state index in [0.717, 1.165) is 28.4 Å². The molecule has 0 atom stereocenters. The highest BCUT2D eigenvalue weighted by atomic mass is 16.3. The summed E-state index contributed by atoms with van der Waals surface area (Å²) < 4.78 is 0. The molecule has 0 unspecified atom stereocenters. The molecule has 4 rings (SSSR count). The zero-order chi connectivity index (χ0) is 21.8. The number of para-hydroxylation sites is 1. The van der Waals surface area contributed by atoms with E-state index in [9.17, 15) is 14.7 Å². The molecule has 0 spiro atoms. The van der Waals surface area contributed by atoms with Crippen LogP contribution in [-0.4, -0.2) is 59.4 Å². The van der Waals surface area contributed by atoms with Crippen molar-refractivity contribution in [1.29, 1.82) is 0 Å². The number of nitrogens with zero attached hydrogens (tertiary/aromatic N) is 2. The van der Waals surface area contributed by atoms with Crippen LogP contribution in [0.3, 0.4) is 0 Å². The van der Waals surface area contributed by atoms with Gasteiger partial charge in [0.05, 0.1) is 12.1 Å². The molecule has 2 N–H and O–H groups in total. The van der Waals surface area contributed by atoms with Crippen molar-refractivity contribution in [1.82, 2.24) is 9.80 Å². The van der Waals surface area contributed by atoms with Gasteiger partial charge in [0.25, 0.3) is 5.91 Å². The van der Waals surface area contributed by atoms with Gasteiger partial charge in [-0.25, -0.2) is 0 Å². The van der Waals surface area contributed by atoms with Gasteiger partial charge in [-0.15, -0.1) is 0 Å². The number of aromatic hydroxyl groups is 1. The maximum Gasteiger partial charge on any atom is 0.257 e. The van der Waals surface area contributed by atoms with E-state index in [1.807, 2.05) is 53.4 Å². The van der Waals surface area contributed by atoms with E-state index >= 15 is 0 Å². The van der Waals surface area contributed by atoms with Crippen LogP contribution in [-0.2, 0) is 11.2 Å². The van der Waals surface area contributed by atoms with Gasteiger partial charge in [-0.05, 0) is 41.0 Å². The third-order valence-corrected chi connectivity index (χ3v) is 5.79. The van der Waals surface area contributed by atoms with Crippen LogP contribution in [0.25, 0.3) is 10.8 Å². The maximum absolute atomic E-state index is 13.0. The molecule has 3 aromatic rings. The summed E-state index contributed by atoms with van der Waals surface area (Å²) in [5.41, 5.74) is 2.29. The van der Waals surface area contributed by atoms with Crippen LogP contribution in [0.15, 0.2) is 60.7 Å². The number of amides is 2. The van der Waals surface area contributed by atoms with Gasteiger partial charge in [0.15, 0.2) is 0 Å². The van der Waals surface area contributed by atoms with Gasteiger partial charge in [-0.1, -0.05) is 49.4 Å². The molecule has 1 heterocycles. The third-order valence-electron chi connectivity index (χ3n) is 5.79. The standard InChI is InChI=1S/C25H27N3O3/c1-2-18-7-5-6-10-22(18)26-24(30)17-27-11-13-28(14-12-27)25(31)21-15-19-8-3-4-9-20(19)16-23(21)29/h3-10,15-16,29H,2,11-14,17H2,1H3,(H,26,30). The van der Waals surface area contributed by atoms with Gasteiger partial charge in [-0.3, -0.25) is 14.5 Å². The van der Waals surface area contributed by atoms with Crippen LogP contribution in [0.2, 0.25) is 0 Å². The SMILES string of the molecule is CCc1ccccc1NC(=O)CN1CCN(C(=O)c2cc3ccccc3cc2O)CC1. The highest BCUT2D eigenvalue weighted by Crippen LogP contribution is 2.26. The third kappa shape index (κ3) is 4.70. The molecule has 31 heavy (non-hydrogen) atoms. The Hall–Kier alpha value is -3.38. The molecule has 0 radical (unpaired) electrons. The van der Waals surface area contributed by atoms with E-state index < -0.39 is 0 Å². The summed E-state index contributed by atoms with van der Waals surface area (Å²) in [5, 5.41) is 15.2. The molecule has 1 saturated heterocycles. The minimum Gasteiger partial charge on any atom is -0.507 e. The van der Waals surface area contributed by atoms with E-state index in [1.54, 1.807) is 17.0 Å². The van der Waals surface area contributed by atoms with Crippen molar-refractivity contribution < 1.29 is 14.7 Å². The second-order valence-electron chi connectivity index (χ2n) is 7.84. The fourth-order valence-corrected chi connectivity index (χ4v) is 4.02. The Bertz CT molecular complexity index is 1100. The number of anilines is 1. The lowest BCUT2D eigenvalue weighted by atomic mass is 10.0. The van der Waals surface area contributed by atoms with Crippen LogP contribution in [0.5, 0.6) is 5.75 Å². The van der Waals surface area contributed by atoms with Gasteiger partial charge in [0.1, 0.15) is 5.75 Å². The minimum absolute atomic E-state index is 0.0000897. The first-order valence-electron chi connectivity index (χ1n) is 10.7. The van der Waals surface area contributed by atoms with E-state index in [1.165, 1.54) is 0 Å². The van der Waals surface area contributed by atoms with Gasteiger partial charge in [0.2, 0.25) is 5.91 Å². The Morgan fingerprint density at radius 2 is 1.58 bits per heavy atom. The van der Waals surface area contributed by atoms with Crippen LogP contribution in [0, 0.1) is 0 Å². The van der Waals surface area contributed by atoms with Gasteiger partial charge < -0.3 is 15.3 Å². The average Bonchev–Trinajstić information content (AvgIpc) is 2.79. The van der Waals surface area contributed by atoms with Crippen molar-refractivity contribution in [3.05, 3.63) is 71.8 Å². The molecule has 3 aromatic carbocycles. The molecule has 0 aromatic heterocycles. The first-order chi connectivity index (χ1) is 15.0. The molecule has 6 nitrogen and oxygen atoms in total. The van der Waals surface area contributed by atoms with Gasteiger partial charge in [-0.2, -0.15) is 0 Å². The van der Waals surface area contributed by atoms with Crippen molar-refractivity contribution in [3.63, 3.8) is 0 Å². The quantitative estimate of drug-likeness (QED) is 0.666. The summed E-state index contributed by atoms with van der Waals surface area (Å²) in [6.45, 7) is 4.62. The minimum atomic E-state index is -0.177. The molecule has 1 aliphatic heterocycles. The second kappa shape index (κ2) is 9.18. The highest BCUT2D eigenvalue weighted by molar-refractivity contribution is 6.01. The van der Waals surface area contributed by atoms with E-state index in [0.29, 0.717) is 38.3 Å². The van der Waals surface area contributed by atoms with Crippen LogP contribution in [0.4, 0.5) is 5.69 Å². The number of benzene rings is 3. The number of phenolic OH excluding ortho intramolecular Hbond substituents is 1. The van der Waals surface area contributed by atoms with Crippen LogP contribution < -0.4 is 5.32 Å². The number of phenols is 1. The molecule has 1 fully saturated rings. The number of carbonyl (C=O) groups excluding carboxylic acids is 2. The number of fused-ring (bicyclic) bond motifs is 1. The topological polar surface area (TPSA) is 72.9 Å². The van der Waals surface area contributed by atoms with Crippen molar-refractivity contribution >= 4 is 28.3 Å². The fraction of sp³-hybridized carbons (Fsp3) is 0.280. The number of rotatable bonds is 5. The number of hydrogen-bond acceptors (Lipinski definition) is 4. The van der Waals surface area contributed by atoms with E-state index in [-0.39, 0.29) is 17.6 Å². The normalized spacial score (nSPS) is 14.5. The lowest BCUT2D eigenvalue weighted by Gasteiger charge is -2.34. The summed E-state index contributed by atoms with van der Waals surface area (Å²) in [6.07, 6.45) is 0.860. The summed E-state index contributed by atoms with van der Waals surface area (Å²) in [4.78, 5) is 29.3. The summed E-state index contributed by atoms with van der Waals surface area (Å²) in [5.74, 6) is -0.225. The number of carbonyl (C=O) groups is 2. The average molecular weight is 418 g/mol. The summed E-state index contributed by atoms with van der Waals surface area (Å²) >= 11 is 0. The number of nitrogens with one attached hydrogen (secondary N) is 1. The molecule has 6 heteroatoms. The lowest BCUT2D eigenvalue weighted by molar-refractivity contribution is -0.117. The highest BCUT2D eigenvalue weighted by Gasteiger charge is 2.25. The molecular formula is C25H27N3O3. The zero-order valence-corrected chi connectivity index (χ0v) is 17.7. The number of piperazine rings is 1. The van der Waals surface area contributed by atoms with Crippen molar-refractivity contribution in [2.75, 3.05) is 38.0 Å². The monoisotopic (exact) mass is 417 g/mol. The molecule has 2 amide bonds. The smallest absolute Gasteiger partial charge is 0.257 e. The molecular weight excluding hydrogens is 390 g/mol. The molecule has 0 bridgehead atoms. The van der Waals surface area contributed by atoms with Gasteiger partial charge >= 0.3 is 0 Å². The maximum atomic E-state index is 13.0. The predicted octanol–water partition coefficient (Wildman–Crippen LogP) is 3.50. The summed E-state index contributed by atoms with van der Waals surface area (Å²) in [6, 6.07) is 18.9. The van der Waals surface area contributed by atoms with Crippen molar-refractivity contribution in [2.24, 2.45) is 0 Å². The molecule has 1 aliphatic rings. The first-order valence-corrected chi connectivity index (χ1v) is 10.7. The second-order valence-corrected chi connectivity index (χ2v) is 7.84. The van der Waals surface area contributed by atoms with Crippen molar-refractivity contribution in [3.8, 4) is 5.75 Å². The number of aryl methyl sites for hydroxylation is 1. The predicted molar refractivity (Wildman–Crippen MR) is 122 cm³/mol. The summed E-state index contributed by atoms with van der Waals surface area (Å²) in [7, 11) is 0. The molecule has 160 valence electrons. The Labute approximate surface area is 182 Å². The van der Waals surface area contributed by atoms with Gasteiger partial charge in [0, 0.05) is 31.9 Å². The van der Waals surface area contributed by atoms with Crippen molar-refractivity contribution in [2.45, 2.75) is 13.3 Å². The zero-order valence-electron chi connectivity index (χ0n) is 17.7. The fourth-order valence-electron chi connectivity index (χ4n) is 4.02. The molecule has 0 saturated carbocycles. The lowest BCUT2D eigenvalue weighted by Crippen LogP contribution is -2.50. The van der Waals surface area contributed by atoms with Crippen LogP contribution >= 0.6 is 0 Å². The Kier molecular flexibility index (Phi) is 6.18. The first kappa shape index (κ1) is 20.9.